The summed E-state index contributed by atoms with van der Waals surface area (Å²) in [5, 5.41) is 0.0290. The molecule has 1 nitrogen and oxygen atoms in total. The normalized spacial score (nSPS) is 25.9. The predicted octanol–water partition coefficient (Wildman–Crippen LogP) is -0.0310. The van der Waals surface area contributed by atoms with Crippen molar-refractivity contribution < 1.29 is 0 Å². The number of nitrogens with zero attached hydrogens (tertiary/aromatic N) is 1. The van der Waals surface area contributed by atoms with Crippen molar-refractivity contribution in [1.29, 1.82) is 0 Å². The smallest absolute Gasteiger partial charge is 0.0670 e. The van der Waals surface area contributed by atoms with Crippen LogP contribution in [0, 0.1) is 0 Å². The average molecular weight is 314 g/mol. The van der Waals surface area contributed by atoms with Crippen molar-refractivity contribution in [2.24, 2.45) is 0 Å². The second-order valence-electron chi connectivity index (χ2n) is 7.09. The molecule has 1 aromatic rings. The van der Waals surface area contributed by atoms with Crippen LogP contribution in [0.15, 0.2) is 30.3 Å². The maximum atomic E-state index is 2.65. The molecule has 3 fully saturated rings. The third-order valence-electron chi connectivity index (χ3n) is 5.97. The summed E-state index contributed by atoms with van der Waals surface area (Å²) in [6.07, 6.45) is 1.19. The van der Waals surface area contributed by atoms with Crippen LogP contribution in [0.5, 0.6) is 0 Å². The van der Waals surface area contributed by atoms with Crippen molar-refractivity contribution in [3.8, 4) is 0 Å². The lowest BCUT2D eigenvalue weighted by atomic mass is 8.72. The highest BCUT2D eigenvalue weighted by Gasteiger charge is 2.57. The van der Waals surface area contributed by atoms with E-state index in [1.165, 1.54) is 12.0 Å². The molecule has 3 atom stereocenters. The van der Waals surface area contributed by atoms with Crippen molar-refractivity contribution in [2.45, 2.75) is 44.3 Å². The highest BCUT2D eigenvalue weighted by molar-refractivity contribution is 7.72. The highest BCUT2D eigenvalue weighted by Crippen LogP contribution is 2.49. The van der Waals surface area contributed by atoms with Gasteiger partial charge >= 0.3 is 0 Å². The topological polar surface area (TPSA) is 3.24 Å². The molecule has 3 unspecified atom stereocenters. The number of hydrogen-bond donors (Lipinski definition) is 0. The van der Waals surface area contributed by atoms with Gasteiger partial charge in [0.25, 0.3) is 0 Å². The van der Waals surface area contributed by atoms with E-state index in [2.05, 4.69) is 113 Å². The van der Waals surface area contributed by atoms with E-state index >= 15 is 0 Å². The Balaban J connectivity index is 1.97. The maximum Gasteiger partial charge on any atom is 0.0670 e. The van der Waals surface area contributed by atoms with E-state index < -0.39 is 0 Å². The molecule has 2 bridgehead atoms. The van der Waals surface area contributed by atoms with Crippen LogP contribution in [0.2, 0.25) is 5.82 Å². The van der Waals surface area contributed by atoms with E-state index in [9.17, 15) is 0 Å². The van der Waals surface area contributed by atoms with Gasteiger partial charge in [0.1, 0.15) is 0 Å². The van der Waals surface area contributed by atoms with Crippen LogP contribution >= 0.6 is 0 Å². The molecule has 0 aliphatic carbocycles. The van der Waals surface area contributed by atoms with Gasteiger partial charge in [0.2, 0.25) is 0 Å². The molecule has 0 saturated carbocycles. The van der Waals surface area contributed by atoms with Gasteiger partial charge in [-0.05, 0) is 19.5 Å². The molecule has 10 heteroatoms. The Morgan fingerprint density at radius 3 is 2.36 bits per heavy atom. The zero-order valence-corrected chi connectivity index (χ0v) is 15.8. The molecular formula is C15H22B9N. The van der Waals surface area contributed by atoms with Crippen molar-refractivity contribution in [3.63, 3.8) is 0 Å². The molecule has 4 rings (SSSR count). The first-order valence-electron chi connectivity index (χ1n) is 9.78. The van der Waals surface area contributed by atoms with Crippen molar-refractivity contribution >= 4 is 63.2 Å². The molecule has 0 amide bonds. The fourth-order valence-corrected chi connectivity index (χ4v) is 4.79. The summed E-state index contributed by atoms with van der Waals surface area (Å²) < 4.78 is 0. The number of fused-ring (bicyclic) bond motifs is 6. The first-order valence-corrected chi connectivity index (χ1v) is 9.78. The standard InChI is InChI=1S/C15H22B9N/c1-4-13(25(5-2)6-3)14-15(12-10-8-7-9-11-12)16-18-19-20-21-22-23-24(14)17-15/h7-11,13-14H,4-6H2,1-3H3. The fourth-order valence-electron chi connectivity index (χ4n) is 4.79. The molecule has 0 aromatic heterocycles. The third kappa shape index (κ3) is 3.89. The summed E-state index contributed by atoms with van der Waals surface area (Å²) in [7, 11) is 18.2. The minimum atomic E-state index is 0.0290. The average Bonchev–Trinajstić information content (AvgIpc) is 2.66. The van der Waals surface area contributed by atoms with Gasteiger partial charge in [-0.25, -0.2) is 0 Å². The Morgan fingerprint density at radius 2 is 1.68 bits per heavy atom. The zero-order chi connectivity index (χ0) is 17.7. The van der Waals surface area contributed by atoms with E-state index in [0.717, 1.165) is 13.1 Å². The molecule has 3 saturated heterocycles. The lowest BCUT2D eigenvalue weighted by Crippen LogP contribution is -2.74. The minimum absolute atomic E-state index is 0.0290. The van der Waals surface area contributed by atoms with Crippen LogP contribution in [0.3, 0.4) is 0 Å². The number of rotatable bonds is 6. The Kier molecular flexibility index (Phi) is 7.12. The third-order valence-corrected chi connectivity index (χ3v) is 5.97. The largest absolute Gasteiger partial charge is 0.301 e. The molecule has 1 aromatic carbocycles. The van der Waals surface area contributed by atoms with Crippen LogP contribution in [0.25, 0.3) is 0 Å². The van der Waals surface area contributed by atoms with Gasteiger partial charge in [0.15, 0.2) is 0 Å². The summed E-state index contributed by atoms with van der Waals surface area (Å²) >= 11 is 0. The molecule has 3 aliphatic rings. The van der Waals surface area contributed by atoms with E-state index in [-0.39, 0.29) is 5.21 Å². The summed E-state index contributed by atoms with van der Waals surface area (Å²) in [6, 6.07) is 11.6. The SMILES string of the molecule is CCC(C1B2[B][B][B][B][B][B][B]C1(c1ccccc1)[B]2)N(CC)CC. The van der Waals surface area contributed by atoms with Crippen LogP contribution in [0.1, 0.15) is 32.8 Å². The van der Waals surface area contributed by atoms with E-state index in [4.69, 9.17) is 0 Å². The Bertz CT molecular complexity index is 525. The van der Waals surface area contributed by atoms with Crippen molar-refractivity contribution in [2.75, 3.05) is 13.1 Å². The van der Waals surface area contributed by atoms with Gasteiger partial charge in [0, 0.05) is 48.4 Å². The van der Waals surface area contributed by atoms with Gasteiger partial charge in [-0.3, -0.25) is 0 Å². The van der Waals surface area contributed by atoms with Crippen LogP contribution in [-0.2, 0) is 5.21 Å². The Labute approximate surface area is 161 Å². The molecule has 114 valence electrons. The van der Waals surface area contributed by atoms with Crippen LogP contribution in [0.4, 0.5) is 0 Å². The lowest BCUT2D eigenvalue weighted by molar-refractivity contribution is 0.192. The van der Waals surface area contributed by atoms with Crippen LogP contribution < -0.4 is 0 Å². The van der Waals surface area contributed by atoms with Gasteiger partial charge in [-0.15, -0.1) is 0 Å². The molecular weight excluding hydrogens is 291 g/mol. The summed E-state index contributed by atoms with van der Waals surface area (Å²) in [5.74, 6) is 0.576. The minimum Gasteiger partial charge on any atom is -0.301 e. The molecule has 3 heterocycles. The van der Waals surface area contributed by atoms with Gasteiger partial charge in [-0.2, -0.15) is 0 Å². The molecule has 0 spiro atoms. The van der Waals surface area contributed by atoms with Crippen LogP contribution in [-0.4, -0.2) is 87.2 Å². The maximum absolute atomic E-state index is 2.65. The van der Waals surface area contributed by atoms with Gasteiger partial charge in [-0.1, -0.05) is 67.7 Å². The quantitative estimate of drug-likeness (QED) is 0.667. The predicted molar refractivity (Wildman–Crippen MR) is 121 cm³/mol. The lowest BCUT2D eigenvalue weighted by Gasteiger charge is -2.61. The summed E-state index contributed by atoms with van der Waals surface area (Å²) in [4.78, 5) is 2.65. The van der Waals surface area contributed by atoms with E-state index in [1.807, 2.05) is 0 Å². The number of hydrogen-bond acceptors (Lipinski definition) is 1. The molecule has 3 aliphatic heterocycles. The summed E-state index contributed by atoms with van der Waals surface area (Å²) in [5.41, 5.74) is 1.42. The molecule has 8 radical (unpaired) electrons. The fraction of sp³-hybridized carbons (Fsp3) is 0.600. The molecule has 25 heavy (non-hydrogen) atoms. The van der Waals surface area contributed by atoms with E-state index in [0.29, 0.717) is 18.4 Å². The second-order valence-corrected chi connectivity index (χ2v) is 7.09. The van der Waals surface area contributed by atoms with Gasteiger partial charge < -0.3 is 4.90 Å². The summed E-state index contributed by atoms with van der Waals surface area (Å²) in [6.45, 7) is 9.68. The zero-order valence-electron chi connectivity index (χ0n) is 15.8. The first kappa shape index (κ1) is 19.5. The monoisotopic (exact) mass is 315 g/mol. The van der Waals surface area contributed by atoms with E-state index in [1.54, 1.807) is 0 Å². The number of benzene rings is 1. The Hall–Kier alpha value is -0.236. The van der Waals surface area contributed by atoms with Gasteiger partial charge in [0.05, 0.1) is 20.8 Å². The highest BCUT2D eigenvalue weighted by atomic mass is 15.1. The first-order chi connectivity index (χ1) is 12.3. The Morgan fingerprint density at radius 1 is 1.00 bits per heavy atom. The van der Waals surface area contributed by atoms with Crippen molar-refractivity contribution in [3.05, 3.63) is 35.9 Å². The molecule has 0 N–H and O–H groups in total. The second kappa shape index (κ2) is 9.11. The van der Waals surface area contributed by atoms with Crippen molar-refractivity contribution in [1.82, 2.24) is 4.90 Å².